The summed E-state index contributed by atoms with van der Waals surface area (Å²) < 4.78 is 0. The van der Waals surface area contributed by atoms with Crippen molar-refractivity contribution < 1.29 is 53.7 Å². The largest absolute Gasteiger partial charge is 0.507 e. The monoisotopic (exact) mass is 945 g/mol. The minimum absolute atomic E-state index is 0.00214. The number of benzene rings is 3. The number of carbonyl (C=O) groups is 8. The number of likely N-dealkylation sites (tertiary alicyclic amines) is 1. The number of fused-ring (bicyclic) bond motifs is 1. The van der Waals surface area contributed by atoms with Crippen LogP contribution in [0.5, 0.6) is 5.75 Å². The van der Waals surface area contributed by atoms with Gasteiger partial charge < -0.3 is 41.1 Å². The van der Waals surface area contributed by atoms with E-state index in [4.69, 9.17) is 25.5 Å². The van der Waals surface area contributed by atoms with E-state index in [-0.39, 0.29) is 66.3 Å². The molecule has 6 heterocycles. The molecule has 0 aliphatic carbocycles. The van der Waals surface area contributed by atoms with Gasteiger partial charge in [0.15, 0.2) is 5.82 Å². The summed E-state index contributed by atoms with van der Waals surface area (Å²) in [5.41, 5.74) is 9.91. The normalized spacial score (nSPS) is 19.3. The number of nitrogens with two attached hydrogens (primary N) is 1. The van der Waals surface area contributed by atoms with Crippen molar-refractivity contribution in [3.8, 4) is 17.0 Å². The average molecular weight is 946 g/mol. The molecule has 5 aliphatic heterocycles. The number of piperidine rings is 4. The van der Waals surface area contributed by atoms with E-state index < -0.39 is 35.2 Å². The van der Waals surface area contributed by atoms with Crippen LogP contribution in [0.25, 0.3) is 11.3 Å². The predicted molar refractivity (Wildman–Crippen MR) is 251 cm³/mol. The third-order valence-corrected chi connectivity index (χ3v) is 13.7. The number of hydrogen-bond donors (Lipinski definition) is 6. The summed E-state index contributed by atoms with van der Waals surface area (Å²) in [6.07, 6.45) is 4.62. The number of aromatic hydroxyl groups is 1. The van der Waals surface area contributed by atoms with Gasteiger partial charge in [0, 0.05) is 69.3 Å². The number of anilines is 3. The summed E-state index contributed by atoms with van der Waals surface area (Å²) >= 11 is 0. The molecule has 0 bridgehead atoms. The molecule has 20 nitrogen and oxygen atoms in total. The SMILES string of the molecule is Nc1nnc(-c2ccccc2O)cc1N1CCC(NC(=O)CC2CCN(C(=O)C3CCN(c4ccc5c(c4)C(=O)N(C4CCC(=O)NC4=O)C5=O)CC3)CC2)(c2ccccc2)CC1.O=CO.O=CO. The smallest absolute Gasteiger partial charge is 0.290 e. The number of carbonyl (C=O) groups excluding carboxylic acids is 6. The number of amides is 6. The number of phenols is 1. The van der Waals surface area contributed by atoms with E-state index >= 15 is 0 Å². The fraction of sp³-hybridized carbons (Fsp3) is 0.388. The maximum Gasteiger partial charge on any atom is 0.290 e. The Labute approximate surface area is 397 Å². The zero-order valence-electron chi connectivity index (χ0n) is 37.9. The van der Waals surface area contributed by atoms with Gasteiger partial charge >= 0.3 is 0 Å². The number of carboxylic acid groups (broad SMARTS) is 2. The molecule has 0 spiro atoms. The molecule has 69 heavy (non-hydrogen) atoms. The summed E-state index contributed by atoms with van der Waals surface area (Å²) in [6, 6.07) is 23.0. The highest BCUT2D eigenvalue weighted by atomic mass is 16.3. The fourth-order valence-electron chi connectivity index (χ4n) is 10.1. The molecule has 7 N–H and O–H groups in total. The quantitative estimate of drug-likeness (QED) is 0.104. The summed E-state index contributed by atoms with van der Waals surface area (Å²) in [7, 11) is 0. The Kier molecular flexibility index (Phi) is 15.5. The standard InChI is InChI=1S/C47H51N9O7.2CH2O2/c48-42-38(28-36(51-52-42)34-8-4-5-9-39(34)57)54-24-18-47(19-25-54,31-6-2-1-3-7-31)50-41(59)26-29-14-20-55(21-15-29)44(61)30-16-22-53(23-17-30)32-10-11-33-35(27-32)46(63)56(45(33)62)37-12-13-40(58)49-43(37)60;2*2-1-3/h1-11,27-30,37,57H,12-26H2,(H2,48,52)(H,50,59)(H,49,58,60);2*1H,(H,2,3). The summed E-state index contributed by atoms with van der Waals surface area (Å²) in [4.78, 5) is 102. The predicted octanol–water partition coefficient (Wildman–Crippen LogP) is 3.39. The molecule has 0 radical (unpaired) electrons. The van der Waals surface area contributed by atoms with Crippen LogP contribution in [0.15, 0.2) is 78.9 Å². The molecule has 362 valence electrons. The summed E-state index contributed by atoms with van der Waals surface area (Å²) in [5.74, 6) is -1.56. The lowest BCUT2D eigenvalue weighted by atomic mass is 9.80. The minimum atomic E-state index is -1.02. The van der Waals surface area contributed by atoms with Gasteiger partial charge in [-0.3, -0.25) is 48.6 Å². The number of nitrogen functional groups attached to an aromatic ring is 1. The van der Waals surface area contributed by atoms with Gasteiger partial charge in [-0.1, -0.05) is 42.5 Å². The Balaban J connectivity index is 0.00000112. The van der Waals surface area contributed by atoms with Crippen molar-refractivity contribution in [3.63, 3.8) is 0 Å². The molecule has 0 saturated carbocycles. The van der Waals surface area contributed by atoms with E-state index in [2.05, 4.69) is 42.8 Å². The highest BCUT2D eigenvalue weighted by Crippen LogP contribution is 2.39. The lowest BCUT2D eigenvalue weighted by molar-refractivity contribution is -0.138. The van der Waals surface area contributed by atoms with E-state index in [1.807, 2.05) is 35.2 Å². The number of rotatable bonds is 9. The van der Waals surface area contributed by atoms with Crippen molar-refractivity contribution in [2.75, 3.05) is 54.8 Å². The van der Waals surface area contributed by atoms with Gasteiger partial charge in [-0.2, -0.15) is 0 Å². The number of phenolic OH excluding ortho intramolecular Hbond substituents is 1. The molecule has 1 aromatic heterocycles. The highest BCUT2D eigenvalue weighted by Gasteiger charge is 2.45. The Hall–Kier alpha value is -7.90. The molecule has 3 aromatic carbocycles. The van der Waals surface area contributed by atoms with E-state index in [1.54, 1.807) is 36.4 Å². The number of aromatic nitrogens is 2. The second-order valence-electron chi connectivity index (χ2n) is 17.6. The molecule has 4 aromatic rings. The van der Waals surface area contributed by atoms with Crippen LogP contribution in [-0.2, 0) is 34.3 Å². The van der Waals surface area contributed by atoms with Crippen LogP contribution < -0.4 is 26.2 Å². The first kappa shape index (κ1) is 49.0. The zero-order chi connectivity index (χ0) is 49.2. The van der Waals surface area contributed by atoms with Crippen molar-refractivity contribution in [2.45, 2.75) is 69.4 Å². The number of para-hydroxylation sites is 1. The molecular weight excluding hydrogens is 891 g/mol. The highest BCUT2D eigenvalue weighted by molar-refractivity contribution is 6.23. The molecule has 4 saturated heterocycles. The van der Waals surface area contributed by atoms with Gasteiger partial charge in [0.05, 0.1) is 28.0 Å². The number of hydrogen-bond acceptors (Lipinski definition) is 14. The first-order valence-electron chi connectivity index (χ1n) is 22.9. The first-order valence-corrected chi connectivity index (χ1v) is 22.9. The maximum absolute atomic E-state index is 13.9. The first-order chi connectivity index (χ1) is 33.3. The molecular formula is C49H55N9O11. The molecule has 6 amide bonds. The van der Waals surface area contributed by atoms with Gasteiger partial charge in [0.1, 0.15) is 11.8 Å². The van der Waals surface area contributed by atoms with Gasteiger partial charge in [-0.25, -0.2) is 0 Å². The van der Waals surface area contributed by atoms with Gasteiger partial charge in [-0.15, -0.1) is 10.2 Å². The van der Waals surface area contributed by atoms with Crippen LogP contribution in [0.1, 0.15) is 84.1 Å². The minimum Gasteiger partial charge on any atom is -0.507 e. The van der Waals surface area contributed by atoms with Gasteiger partial charge in [0.2, 0.25) is 23.6 Å². The van der Waals surface area contributed by atoms with Crippen LogP contribution in [0.2, 0.25) is 0 Å². The summed E-state index contributed by atoms with van der Waals surface area (Å²) in [6.45, 7) is 3.15. The van der Waals surface area contributed by atoms with E-state index in [0.717, 1.165) is 34.7 Å². The van der Waals surface area contributed by atoms with Gasteiger partial charge in [0.25, 0.3) is 24.8 Å². The molecule has 1 atom stereocenters. The lowest BCUT2D eigenvalue weighted by Gasteiger charge is -2.44. The Bertz CT molecular complexity index is 2570. The number of nitrogens with one attached hydrogen (secondary N) is 2. The second kappa shape index (κ2) is 21.8. The fourth-order valence-corrected chi connectivity index (χ4v) is 10.1. The van der Waals surface area contributed by atoms with Crippen LogP contribution >= 0.6 is 0 Å². The molecule has 5 aliphatic rings. The van der Waals surface area contributed by atoms with E-state index in [1.165, 1.54) is 0 Å². The van der Waals surface area contributed by atoms with E-state index in [0.29, 0.717) is 88.4 Å². The van der Waals surface area contributed by atoms with Gasteiger partial charge in [-0.05, 0) is 92.8 Å². The molecule has 1 unspecified atom stereocenters. The molecule has 20 heteroatoms. The van der Waals surface area contributed by atoms with Crippen molar-refractivity contribution in [1.82, 2.24) is 30.6 Å². The Morgan fingerprint density at radius 1 is 0.754 bits per heavy atom. The van der Waals surface area contributed by atoms with E-state index in [9.17, 15) is 33.9 Å². The second-order valence-corrected chi connectivity index (χ2v) is 17.6. The van der Waals surface area contributed by atoms with Crippen molar-refractivity contribution in [1.29, 1.82) is 0 Å². The van der Waals surface area contributed by atoms with Crippen molar-refractivity contribution >= 4 is 65.6 Å². The Morgan fingerprint density at radius 3 is 2.04 bits per heavy atom. The molecule has 9 rings (SSSR count). The third-order valence-electron chi connectivity index (χ3n) is 13.7. The topological polar surface area (TPSA) is 286 Å². The lowest BCUT2D eigenvalue weighted by Crippen LogP contribution is -2.54. The van der Waals surface area contributed by atoms with Crippen LogP contribution in [0.3, 0.4) is 0 Å². The number of imide groups is 2. The van der Waals surface area contributed by atoms with Crippen LogP contribution in [-0.4, -0.2) is 129 Å². The number of nitrogens with zero attached hydrogens (tertiary/aromatic N) is 6. The molecule has 4 fully saturated rings. The Morgan fingerprint density at radius 2 is 1.39 bits per heavy atom. The zero-order valence-corrected chi connectivity index (χ0v) is 37.9. The maximum atomic E-state index is 13.9. The van der Waals surface area contributed by atoms with Crippen molar-refractivity contribution in [2.24, 2.45) is 11.8 Å². The van der Waals surface area contributed by atoms with Crippen LogP contribution in [0, 0.1) is 11.8 Å². The third kappa shape index (κ3) is 10.8. The van der Waals surface area contributed by atoms with Crippen molar-refractivity contribution in [3.05, 3.63) is 95.6 Å². The summed E-state index contributed by atoms with van der Waals surface area (Å²) in [5, 5.41) is 38.4. The van der Waals surface area contributed by atoms with Crippen LogP contribution in [0.4, 0.5) is 17.2 Å². The average Bonchev–Trinajstić information content (AvgIpc) is 3.60.